The summed E-state index contributed by atoms with van der Waals surface area (Å²) in [4.78, 5) is 11.1. The number of hydrogen-bond donors (Lipinski definition) is 1. The number of benzene rings is 1. The molecule has 18 heavy (non-hydrogen) atoms. The van der Waals surface area contributed by atoms with E-state index in [4.69, 9.17) is 5.73 Å². The molecule has 1 aromatic heterocycles. The average Bonchev–Trinajstić information content (AvgIpc) is 2.76. The lowest BCUT2D eigenvalue weighted by Crippen LogP contribution is -2.12. The van der Waals surface area contributed by atoms with Crippen molar-refractivity contribution in [2.45, 2.75) is 19.9 Å². The van der Waals surface area contributed by atoms with Gasteiger partial charge in [-0.2, -0.15) is 5.10 Å². The van der Waals surface area contributed by atoms with Crippen molar-refractivity contribution in [3.05, 3.63) is 41.8 Å². The number of carbonyl (C=O) groups excluding carboxylic acids is 1. The number of nitrogens with zero attached hydrogens (tertiary/aromatic N) is 2. The molecule has 1 aromatic carbocycles. The molecule has 0 aliphatic heterocycles. The van der Waals surface area contributed by atoms with Gasteiger partial charge < -0.3 is 5.73 Å². The second-order valence-electron chi connectivity index (χ2n) is 4.35. The number of amides is 1. The third-order valence-corrected chi connectivity index (χ3v) is 2.64. The first kappa shape index (κ1) is 12.3. The van der Waals surface area contributed by atoms with E-state index in [0.717, 1.165) is 11.8 Å². The Morgan fingerprint density at radius 1 is 1.39 bits per heavy atom. The molecule has 0 aliphatic rings. The minimum Gasteiger partial charge on any atom is -0.366 e. The second-order valence-corrected chi connectivity index (χ2v) is 4.35. The first-order valence-corrected chi connectivity index (χ1v) is 5.63. The SMILES string of the molecule is CC(C)n1nccc1-c1cc(F)cc(C(N)=O)c1. The molecular formula is C13H14FN3O. The van der Waals surface area contributed by atoms with Gasteiger partial charge in [0.05, 0.1) is 5.69 Å². The van der Waals surface area contributed by atoms with E-state index in [0.29, 0.717) is 5.56 Å². The fourth-order valence-electron chi connectivity index (χ4n) is 1.83. The van der Waals surface area contributed by atoms with Gasteiger partial charge in [-0.15, -0.1) is 0 Å². The monoisotopic (exact) mass is 247 g/mol. The van der Waals surface area contributed by atoms with E-state index in [9.17, 15) is 9.18 Å². The van der Waals surface area contributed by atoms with Crippen LogP contribution in [0.4, 0.5) is 4.39 Å². The number of rotatable bonds is 3. The van der Waals surface area contributed by atoms with E-state index in [1.165, 1.54) is 6.07 Å². The highest BCUT2D eigenvalue weighted by molar-refractivity contribution is 5.94. The first-order chi connectivity index (χ1) is 8.49. The van der Waals surface area contributed by atoms with Gasteiger partial charge in [-0.3, -0.25) is 9.48 Å². The number of halogens is 1. The molecule has 0 unspecified atom stereocenters. The molecule has 0 radical (unpaired) electrons. The Labute approximate surface area is 104 Å². The molecule has 0 fully saturated rings. The van der Waals surface area contributed by atoms with Crippen molar-refractivity contribution < 1.29 is 9.18 Å². The zero-order chi connectivity index (χ0) is 13.3. The zero-order valence-electron chi connectivity index (χ0n) is 10.2. The van der Waals surface area contributed by atoms with Crippen molar-refractivity contribution in [3.63, 3.8) is 0 Å². The Morgan fingerprint density at radius 3 is 2.72 bits per heavy atom. The molecule has 0 aliphatic carbocycles. The van der Waals surface area contributed by atoms with Crippen LogP contribution in [0.15, 0.2) is 30.5 Å². The molecule has 0 saturated heterocycles. The third-order valence-electron chi connectivity index (χ3n) is 2.64. The maximum Gasteiger partial charge on any atom is 0.248 e. The molecule has 0 bridgehead atoms. The molecule has 1 amide bonds. The maximum absolute atomic E-state index is 13.5. The molecular weight excluding hydrogens is 233 g/mol. The summed E-state index contributed by atoms with van der Waals surface area (Å²) in [6, 6.07) is 5.99. The molecule has 4 nitrogen and oxygen atoms in total. The lowest BCUT2D eigenvalue weighted by molar-refractivity contribution is 0.1000. The summed E-state index contributed by atoms with van der Waals surface area (Å²) in [7, 11) is 0. The van der Waals surface area contributed by atoms with Crippen molar-refractivity contribution in [1.82, 2.24) is 9.78 Å². The van der Waals surface area contributed by atoms with Gasteiger partial charge in [0.15, 0.2) is 0 Å². The summed E-state index contributed by atoms with van der Waals surface area (Å²) in [6.45, 7) is 3.95. The van der Waals surface area contributed by atoms with Gasteiger partial charge in [0.2, 0.25) is 5.91 Å². The van der Waals surface area contributed by atoms with E-state index in [1.54, 1.807) is 23.0 Å². The van der Waals surface area contributed by atoms with Crippen LogP contribution in [0.5, 0.6) is 0 Å². The van der Waals surface area contributed by atoms with Crippen LogP contribution in [0.3, 0.4) is 0 Å². The van der Waals surface area contributed by atoms with Crippen LogP contribution in [0.1, 0.15) is 30.2 Å². The smallest absolute Gasteiger partial charge is 0.248 e. The molecule has 0 atom stereocenters. The second kappa shape index (κ2) is 4.60. The average molecular weight is 247 g/mol. The number of aromatic nitrogens is 2. The lowest BCUT2D eigenvalue weighted by Gasteiger charge is -2.11. The minimum atomic E-state index is -0.647. The Bertz CT molecular complexity index is 590. The van der Waals surface area contributed by atoms with Crippen LogP contribution in [-0.2, 0) is 0 Å². The predicted octanol–water partition coefficient (Wildman–Crippen LogP) is 2.37. The molecule has 0 spiro atoms. The number of carbonyl (C=O) groups is 1. The number of primary amides is 1. The molecule has 94 valence electrons. The highest BCUT2D eigenvalue weighted by atomic mass is 19.1. The van der Waals surface area contributed by atoms with Crippen molar-refractivity contribution in [2.24, 2.45) is 5.73 Å². The van der Waals surface area contributed by atoms with Crippen LogP contribution in [0.25, 0.3) is 11.3 Å². The van der Waals surface area contributed by atoms with E-state index < -0.39 is 11.7 Å². The number of nitrogens with two attached hydrogens (primary N) is 1. The Morgan fingerprint density at radius 2 is 2.11 bits per heavy atom. The highest BCUT2D eigenvalue weighted by Crippen LogP contribution is 2.24. The summed E-state index contributed by atoms with van der Waals surface area (Å²) < 4.78 is 15.2. The van der Waals surface area contributed by atoms with E-state index in [2.05, 4.69) is 5.10 Å². The van der Waals surface area contributed by atoms with Crippen LogP contribution in [-0.4, -0.2) is 15.7 Å². The summed E-state index contributed by atoms with van der Waals surface area (Å²) in [5.74, 6) is -1.14. The van der Waals surface area contributed by atoms with Gasteiger partial charge >= 0.3 is 0 Å². The normalized spacial score (nSPS) is 10.9. The molecule has 0 saturated carbocycles. The molecule has 5 heteroatoms. The standard InChI is InChI=1S/C13H14FN3O/c1-8(2)17-12(3-4-16-17)9-5-10(13(15)18)7-11(14)6-9/h3-8H,1-2H3,(H2,15,18). The third kappa shape index (κ3) is 2.25. The van der Waals surface area contributed by atoms with Gasteiger partial charge in [0.25, 0.3) is 0 Å². The van der Waals surface area contributed by atoms with Crippen LogP contribution in [0, 0.1) is 5.82 Å². The predicted molar refractivity (Wildman–Crippen MR) is 66.5 cm³/mol. The largest absolute Gasteiger partial charge is 0.366 e. The van der Waals surface area contributed by atoms with Gasteiger partial charge in [0.1, 0.15) is 5.82 Å². The van der Waals surface area contributed by atoms with Crippen molar-refractivity contribution in [2.75, 3.05) is 0 Å². The van der Waals surface area contributed by atoms with E-state index in [-0.39, 0.29) is 11.6 Å². The molecule has 2 rings (SSSR count). The summed E-state index contributed by atoms with van der Waals surface area (Å²) in [6.07, 6.45) is 1.64. The van der Waals surface area contributed by atoms with Crippen LogP contribution >= 0.6 is 0 Å². The Kier molecular flexibility index (Phi) is 3.14. The summed E-state index contributed by atoms with van der Waals surface area (Å²) in [5, 5.41) is 4.17. The maximum atomic E-state index is 13.5. The fourth-order valence-corrected chi connectivity index (χ4v) is 1.83. The quantitative estimate of drug-likeness (QED) is 0.905. The van der Waals surface area contributed by atoms with Crippen molar-refractivity contribution >= 4 is 5.91 Å². The van der Waals surface area contributed by atoms with Crippen molar-refractivity contribution in [1.29, 1.82) is 0 Å². The molecule has 2 aromatic rings. The minimum absolute atomic E-state index is 0.148. The van der Waals surface area contributed by atoms with E-state index >= 15 is 0 Å². The van der Waals surface area contributed by atoms with Gasteiger partial charge in [-0.25, -0.2) is 4.39 Å². The van der Waals surface area contributed by atoms with Gasteiger partial charge in [-0.05, 0) is 38.1 Å². The number of hydrogen-bond acceptors (Lipinski definition) is 2. The molecule has 1 heterocycles. The van der Waals surface area contributed by atoms with Crippen LogP contribution in [0.2, 0.25) is 0 Å². The molecule has 2 N–H and O–H groups in total. The van der Waals surface area contributed by atoms with Gasteiger partial charge in [0, 0.05) is 23.4 Å². The Balaban J connectivity index is 2.57. The topological polar surface area (TPSA) is 60.9 Å². The zero-order valence-corrected chi connectivity index (χ0v) is 10.2. The first-order valence-electron chi connectivity index (χ1n) is 5.63. The van der Waals surface area contributed by atoms with Crippen LogP contribution < -0.4 is 5.73 Å². The lowest BCUT2D eigenvalue weighted by atomic mass is 10.1. The highest BCUT2D eigenvalue weighted by Gasteiger charge is 2.12. The van der Waals surface area contributed by atoms with E-state index in [1.807, 2.05) is 13.8 Å². The summed E-state index contributed by atoms with van der Waals surface area (Å²) >= 11 is 0. The van der Waals surface area contributed by atoms with Gasteiger partial charge in [-0.1, -0.05) is 0 Å². The summed E-state index contributed by atoms with van der Waals surface area (Å²) in [5.41, 5.74) is 6.68. The van der Waals surface area contributed by atoms with Crippen molar-refractivity contribution in [3.8, 4) is 11.3 Å². The Hall–Kier alpha value is -2.17. The fraction of sp³-hybridized carbons (Fsp3) is 0.231.